The third-order valence-corrected chi connectivity index (χ3v) is 16.8. The van der Waals surface area contributed by atoms with Gasteiger partial charge in [-0.2, -0.15) is 0 Å². The van der Waals surface area contributed by atoms with E-state index in [1.807, 2.05) is 18.2 Å². The average Bonchev–Trinajstić information content (AvgIpc) is 4.20. The van der Waals surface area contributed by atoms with Crippen LogP contribution in [0.25, 0.3) is 175 Å². The largest absolute Gasteiger partial charge is 0.207 e. The van der Waals surface area contributed by atoms with Crippen molar-refractivity contribution in [2.24, 2.45) is 0 Å². The summed E-state index contributed by atoms with van der Waals surface area (Å²) < 4.78 is 46.2. The number of rotatable bonds is 5. The molecule has 16 aromatic rings. The van der Waals surface area contributed by atoms with Gasteiger partial charge in [-0.25, -0.2) is 13.2 Å². The molecule has 0 N–H and O–H groups in total. The summed E-state index contributed by atoms with van der Waals surface area (Å²) in [7, 11) is 0. The van der Waals surface area contributed by atoms with Gasteiger partial charge in [-0.1, -0.05) is 182 Å². The molecule has 0 heterocycles. The Morgan fingerprint density at radius 1 is 0.187 bits per heavy atom. The van der Waals surface area contributed by atoms with Crippen molar-refractivity contribution >= 4 is 97.0 Å². The summed E-state index contributed by atoms with van der Waals surface area (Å²) in [6, 6.07) is 76.0. The van der Waals surface area contributed by atoms with E-state index in [4.69, 9.17) is 0 Å². The fourth-order valence-electron chi connectivity index (χ4n) is 14.0. The van der Waals surface area contributed by atoms with Crippen LogP contribution in [0.3, 0.4) is 0 Å². The molecular weight excluding hydrogens is 922 g/mol. The zero-order valence-corrected chi connectivity index (χ0v) is 40.0. The SMILES string of the molecule is Fc1cccc(-c2cc(-c3cccc(F)c3)c3c(c2-c2cccc(F)c2)-c2ccc4c5ccc6c7c(-c8ccccc8)c8c9cccc%10cccc(c8c(-c8ccccc8)c7c7ccc(c8ccc-3c2c84)c5c76)c%109)c1. The molecule has 0 saturated carbocycles. The van der Waals surface area contributed by atoms with Crippen LogP contribution in [0.1, 0.15) is 0 Å². The Balaban J connectivity index is 1.04. The summed E-state index contributed by atoms with van der Waals surface area (Å²) in [6.45, 7) is 0. The van der Waals surface area contributed by atoms with Gasteiger partial charge in [-0.3, -0.25) is 0 Å². The number of fused-ring (bicyclic) bond motifs is 11. The van der Waals surface area contributed by atoms with Gasteiger partial charge in [0, 0.05) is 0 Å². The third kappa shape index (κ3) is 5.36. The van der Waals surface area contributed by atoms with Crippen molar-refractivity contribution in [2.75, 3.05) is 0 Å². The second-order valence-electron chi connectivity index (χ2n) is 20.5. The molecule has 0 amide bonds. The molecule has 0 bridgehead atoms. The lowest BCUT2D eigenvalue weighted by Crippen LogP contribution is -1.95. The predicted octanol–water partition coefficient (Wildman–Crippen LogP) is 20.8. The van der Waals surface area contributed by atoms with E-state index in [-0.39, 0.29) is 17.5 Å². The molecule has 0 aromatic heterocycles. The molecule has 0 saturated heterocycles. The van der Waals surface area contributed by atoms with E-state index in [0.29, 0.717) is 16.7 Å². The molecule has 346 valence electrons. The average molecular weight is 959 g/mol. The summed E-state index contributed by atoms with van der Waals surface area (Å²) in [6.07, 6.45) is 0. The van der Waals surface area contributed by atoms with Gasteiger partial charge in [0.05, 0.1) is 0 Å². The highest BCUT2D eigenvalue weighted by atomic mass is 19.1. The van der Waals surface area contributed by atoms with E-state index in [0.717, 1.165) is 60.5 Å². The third-order valence-electron chi connectivity index (χ3n) is 16.8. The Morgan fingerprint density at radius 3 is 1.07 bits per heavy atom. The Bertz CT molecular complexity index is 4950. The van der Waals surface area contributed by atoms with E-state index < -0.39 is 0 Å². The molecule has 0 nitrogen and oxygen atoms in total. The molecule has 3 heteroatoms. The second kappa shape index (κ2) is 14.8. The van der Waals surface area contributed by atoms with Crippen LogP contribution < -0.4 is 0 Å². The van der Waals surface area contributed by atoms with Crippen molar-refractivity contribution in [1.29, 1.82) is 0 Å². The lowest BCUT2D eigenvalue weighted by molar-refractivity contribution is 0.627. The van der Waals surface area contributed by atoms with Crippen LogP contribution >= 0.6 is 0 Å². The highest BCUT2D eigenvalue weighted by molar-refractivity contribution is 6.50. The van der Waals surface area contributed by atoms with Gasteiger partial charge in [0.1, 0.15) is 17.5 Å². The summed E-state index contributed by atoms with van der Waals surface area (Å²) in [5.74, 6) is -1.09. The smallest absolute Gasteiger partial charge is 0.123 e. The van der Waals surface area contributed by atoms with E-state index in [9.17, 15) is 0 Å². The van der Waals surface area contributed by atoms with Gasteiger partial charge in [-0.05, 0) is 217 Å². The highest BCUT2D eigenvalue weighted by Crippen LogP contribution is 2.61. The first kappa shape index (κ1) is 41.0. The standard InChI is InChI=1S/C72H37F3/c73-44-21-7-18-41(34-44)57-37-58(42-19-8-22-45(74)35-42)67-53-30-26-47-49-28-32-55-66-56(33-29-50(64(49)66)48-27-31-54(65(53)63(47)48)68(67)60(57)43-20-9-23-46(75)36-43)72-62(40-14-5-2-6-15-40)70-52-25-11-17-38-16-10-24-51(59(38)52)69(70)61(71(55)72)39-12-3-1-4-13-39/h1-37H. The molecule has 17 rings (SSSR count). The molecule has 1 aliphatic carbocycles. The van der Waals surface area contributed by atoms with Gasteiger partial charge in [-0.15, -0.1) is 0 Å². The summed E-state index contributed by atoms with van der Waals surface area (Å²) in [5.41, 5.74) is 13.2. The lowest BCUT2D eigenvalue weighted by atomic mass is 9.82. The molecule has 16 aromatic carbocycles. The summed E-state index contributed by atoms with van der Waals surface area (Å²) in [4.78, 5) is 0. The first-order chi connectivity index (χ1) is 37.0. The minimum Gasteiger partial charge on any atom is -0.207 e. The molecule has 0 unspecified atom stereocenters. The van der Waals surface area contributed by atoms with Crippen LogP contribution in [-0.4, -0.2) is 0 Å². The number of hydrogen-bond donors (Lipinski definition) is 0. The first-order valence-electron chi connectivity index (χ1n) is 25.6. The van der Waals surface area contributed by atoms with Gasteiger partial charge in [0.2, 0.25) is 0 Å². The van der Waals surface area contributed by atoms with Crippen molar-refractivity contribution in [3.05, 3.63) is 242 Å². The van der Waals surface area contributed by atoms with Crippen LogP contribution in [0.15, 0.2) is 224 Å². The Hall–Kier alpha value is -9.57. The first-order valence-corrected chi connectivity index (χ1v) is 25.6. The van der Waals surface area contributed by atoms with Gasteiger partial charge in [0.15, 0.2) is 0 Å². The van der Waals surface area contributed by atoms with Crippen LogP contribution in [0.4, 0.5) is 13.2 Å². The van der Waals surface area contributed by atoms with Gasteiger partial charge < -0.3 is 0 Å². The minimum atomic E-state index is -0.377. The minimum absolute atomic E-state index is 0.350. The van der Waals surface area contributed by atoms with E-state index in [1.54, 1.807) is 30.3 Å². The normalized spacial score (nSPS) is 12.5. The van der Waals surface area contributed by atoms with Crippen molar-refractivity contribution in [2.45, 2.75) is 0 Å². The highest BCUT2D eigenvalue weighted by Gasteiger charge is 2.34. The molecule has 0 aliphatic heterocycles. The van der Waals surface area contributed by atoms with Crippen molar-refractivity contribution in [1.82, 2.24) is 0 Å². The molecule has 0 atom stereocenters. The molecule has 1 aliphatic rings. The lowest BCUT2D eigenvalue weighted by Gasteiger charge is -2.21. The second-order valence-corrected chi connectivity index (χ2v) is 20.5. The number of hydrogen-bond acceptors (Lipinski definition) is 0. The maximum absolute atomic E-state index is 15.5. The molecular formula is C72H37F3. The van der Waals surface area contributed by atoms with Gasteiger partial charge >= 0.3 is 0 Å². The molecule has 75 heavy (non-hydrogen) atoms. The van der Waals surface area contributed by atoms with E-state index in [1.165, 1.54) is 122 Å². The quantitative estimate of drug-likeness (QED) is 0.119. The topological polar surface area (TPSA) is 0 Å². The van der Waals surface area contributed by atoms with Crippen LogP contribution in [0.2, 0.25) is 0 Å². The summed E-state index contributed by atoms with van der Waals surface area (Å²) in [5, 5.41) is 22.0. The molecule has 0 spiro atoms. The van der Waals surface area contributed by atoms with Gasteiger partial charge in [0.25, 0.3) is 0 Å². The van der Waals surface area contributed by atoms with E-state index >= 15 is 13.2 Å². The zero-order valence-electron chi connectivity index (χ0n) is 40.0. The maximum atomic E-state index is 15.5. The summed E-state index contributed by atoms with van der Waals surface area (Å²) >= 11 is 0. The maximum Gasteiger partial charge on any atom is 0.123 e. The van der Waals surface area contributed by atoms with Crippen molar-refractivity contribution in [3.63, 3.8) is 0 Å². The fraction of sp³-hybridized carbons (Fsp3) is 0. The zero-order chi connectivity index (χ0) is 49.4. The van der Waals surface area contributed by atoms with E-state index in [2.05, 4.69) is 152 Å². The number of halogens is 3. The van der Waals surface area contributed by atoms with Crippen LogP contribution in [-0.2, 0) is 0 Å². The van der Waals surface area contributed by atoms with Crippen molar-refractivity contribution < 1.29 is 13.2 Å². The Labute approximate surface area is 427 Å². The monoisotopic (exact) mass is 958 g/mol. The molecule has 0 radical (unpaired) electrons. The number of benzene rings is 14. The van der Waals surface area contributed by atoms with Crippen molar-refractivity contribution in [3.8, 4) is 77.9 Å². The van der Waals surface area contributed by atoms with Crippen LogP contribution in [0, 0.1) is 17.5 Å². The fourth-order valence-corrected chi connectivity index (χ4v) is 14.0. The molecule has 0 fully saturated rings. The predicted molar refractivity (Wildman–Crippen MR) is 309 cm³/mol. The Morgan fingerprint density at radius 2 is 0.560 bits per heavy atom. The van der Waals surface area contributed by atoms with Crippen LogP contribution in [0.5, 0.6) is 0 Å². The Kier molecular flexibility index (Phi) is 8.07.